The Morgan fingerprint density at radius 1 is 1.50 bits per heavy atom. The van der Waals surface area contributed by atoms with Crippen LogP contribution in [0.4, 0.5) is 0 Å². The average molecular weight is 192 g/mol. The van der Waals surface area contributed by atoms with Crippen LogP contribution in [-0.2, 0) is 4.74 Å². The van der Waals surface area contributed by atoms with Crippen molar-refractivity contribution < 1.29 is 20.1 Å². The molecule has 0 bridgehead atoms. The lowest BCUT2D eigenvalue weighted by Gasteiger charge is -2.36. The molecule has 5 heteroatoms. The van der Waals surface area contributed by atoms with E-state index in [4.69, 9.17) is 9.84 Å². The molecule has 0 radical (unpaired) electrons. The normalized spacial score (nSPS) is 42.5. The van der Waals surface area contributed by atoms with E-state index in [1.807, 2.05) is 0 Å². The van der Waals surface area contributed by atoms with Crippen molar-refractivity contribution in [2.75, 3.05) is 6.61 Å². The van der Waals surface area contributed by atoms with Crippen molar-refractivity contribution in [1.82, 2.24) is 0 Å². The molecule has 0 amide bonds. The minimum absolute atomic E-state index is 0.138. The highest BCUT2D eigenvalue weighted by atomic mass is 32.1. The van der Waals surface area contributed by atoms with E-state index in [-0.39, 0.29) is 12.4 Å². The summed E-state index contributed by atoms with van der Waals surface area (Å²) >= 11 is 3.97. The van der Waals surface area contributed by atoms with Gasteiger partial charge in [-0.1, -0.05) is 6.58 Å². The van der Waals surface area contributed by atoms with Gasteiger partial charge in [0.25, 0.3) is 0 Å². The smallest absolute Gasteiger partial charge is 0.148 e. The van der Waals surface area contributed by atoms with Crippen LogP contribution in [0.5, 0.6) is 0 Å². The predicted octanol–water partition coefficient (Wildman–Crippen LogP) is -1.09. The fraction of sp³-hybridized carbons (Fsp3) is 0.714. The Morgan fingerprint density at radius 3 is 2.58 bits per heavy atom. The molecule has 4 atom stereocenters. The van der Waals surface area contributed by atoms with Crippen molar-refractivity contribution >= 4 is 12.6 Å². The Balaban J connectivity index is 2.70. The van der Waals surface area contributed by atoms with E-state index in [0.717, 1.165) is 0 Å². The third kappa shape index (κ3) is 1.59. The lowest BCUT2D eigenvalue weighted by Crippen LogP contribution is -2.50. The van der Waals surface area contributed by atoms with Crippen LogP contribution in [0.2, 0.25) is 0 Å². The van der Waals surface area contributed by atoms with Crippen molar-refractivity contribution in [1.29, 1.82) is 0 Å². The van der Waals surface area contributed by atoms with E-state index in [0.29, 0.717) is 0 Å². The summed E-state index contributed by atoms with van der Waals surface area (Å²) in [5.74, 6) is 0.138. The monoisotopic (exact) mass is 192 g/mol. The molecule has 1 fully saturated rings. The third-order valence-electron chi connectivity index (χ3n) is 1.87. The lowest BCUT2D eigenvalue weighted by atomic mass is 10.0. The molecule has 1 rings (SSSR count). The molecule has 0 aromatic heterocycles. The third-order valence-corrected chi connectivity index (χ3v) is 2.45. The number of aliphatic hydroxyl groups excluding tert-OH is 3. The molecular formula is C7H12O4S. The van der Waals surface area contributed by atoms with E-state index < -0.39 is 23.6 Å². The SMILES string of the molecule is C=C1O[C@H](CO)[C@@H](O)[C@H](S)[C@H]1O. The Labute approximate surface area is 75.9 Å². The lowest BCUT2D eigenvalue weighted by molar-refractivity contribution is -0.0933. The second kappa shape index (κ2) is 3.66. The first kappa shape index (κ1) is 9.85. The first-order chi connectivity index (χ1) is 5.57. The van der Waals surface area contributed by atoms with E-state index in [2.05, 4.69) is 19.2 Å². The summed E-state index contributed by atoms with van der Waals surface area (Å²) in [4.78, 5) is 0. The number of rotatable bonds is 1. The summed E-state index contributed by atoms with van der Waals surface area (Å²) in [7, 11) is 0. The van der Waals surface area contributed by atoms with Gasteiger partial charge < -0.3 is 20.1 Å². The fourth-order valence-corrected chi connectivity index (χ4v) is 1.43. The van der Waals surface area contributed by atoms with Crippen LogP contribution in [0, 0.1) is 0 Å². The van der Waals surface area contributed by atoms with Crippen LogP contribution in [-0.4, -0.2) is 45.5 Å². The second-order valence-electron chi connectivity index (χ2n) is 2.73. The molecule has 1 aliphatic heterocycles. The molecule has 1 heterocycles. The van der Waals surface area contributed by atoms with Crippen LogP contribution in [0.15, 0.2) is 12.3 Å². The summed E-state index contributed by atoms with van der Waals surface area (Å²) in [5.41, 5.74) is 0. The van der Waals surface area contributed by atoms with Crippen LogP contribution in [0.25, 0.3) is 0 Å². The number of hydrogen-bond donors (Lipinski definition) is 4. The number of aliphatic hydroxyl groups is 3. The zero-order chi connectivity index (χ0) is 9.30. The highest BCUT2D eigenvalue weighted by Crippen LogP contribution is 2.25. The quantitative estimate of drug-likeness (QED) is 0.399. The molecule has 0 spiro atoms. The maximum atomic E-state index is 9.36. The van der Waals surface area contributed by atoms with Gasteiger partial charge in [0.1, 0.15) is 24.1 Å². The number of ether oxygens (including phenoxy) is 1. The van der Waals surface area contributed by atoms with E-state index in [9.17, 15) is 10.2 Å². The van der Waals surface area contributed by atoms with Crippen LogP contribution >= 0.6 is 12.6 Å². The van der Waals surface area contributed by atoms with Gasteiger partial charge in [-0.15, -0.1) is 0 Å². The van der Waals surface area contributed by atoms with Crippen LogP contribution in [0.3, 0.4) is 0 Å². The maximum absolute atomic E-state index is 9.36. The Bertz CT molecular complexity index is 182. The van der Waals surface area contributed by atoms with E-state index in [1.165, 1.54) is 0 Å². The standard InChI is InChI=1S/C7H12O4S/c1-3-5(9)7(12)6(10)4(2-8)11-3/h4-10,12H,1-2H2/t4-,5+,6-,7-/m1/s1. The van der Waals surface area contributed by atoms with E-state index >= 15 is 0 Å². The van der Waals surface area contributed by atoms with Crippen molar-refractivity contribution in [2.45, 2.75) is 23.6 Å². The maximum Gasteiger partial charge on any atom is 0.148 e. The van der Waals surface area contributed by atoms with Crippen LogP contribution in [0.1, 0.15) is 0 Å². The predicted molar refractivity (Wildman–Crippen MR) is 45.9 cm³/mol. The molecule has 3 N–H and O–H groups in total. The summed E-state index contributed by atoms with van der Waals surface area (Å²) in [6, 6.07) is 0. The van der Waals surface area contributed by atoms with Gasteiger partial charge in [-0.25, -0.2) is 0 Å². The van der Waals surface area contributed by atoms with Crippen molar-refractivity contribution in [3.05, 3.63) is 12.3 Å². The molecule has 1 saturated heterocycles. The first-order valence-corrected chi connectivity index (χ1v) is 4.10. The van der Waals surface area contributed by atoms with Crippen molar-refractivity contribution in [2.24, 2.45) is 0 Å². The summed E-state index contributed by atoms with van der Waals surface area (Å²) < 4.78 is 4.94. The molecule has 0 unspecified atom stereocenters. The highest BCUT2D eigenvalue weighted by molar-refractivity contribution is 7.81. The topological polar surface area (TPSA) is 69.9 Å². The second-order valence-corrected chi connectivity index (χ2v) is 3.33. The van der Waals surface area contributed by atoms with Gasteiger partial charge >= 0.3 is 0 Å². The van der Waals surface area contributed by atoms with Gasteiger partial charge in [0.15, 0.2) is 0 Å². The van der Waals surface area contributed by atoms with Gasteiger partial charge in [-0.05, 0) is 0 Å². The summed E-state index contributed by atoms with van der Waals surface area (Å²) in [6.07, 6.45) is -2.69. The Kier molecular flexibility index (Phi) is 3.00. The van der Waals surface area contributed by atoms with Crippen molar-refractivity contribution in [3.8, 4) is 0 Å². The number of hydrogen-bond acceptors (Lipinski definition) is 5. The molecule has 0 saturated carbocycles. The van der Waals surface area contributed by atoms with Gasteiger partial charge in [-0.3, -0.25) is 0 Å². The highest BCUT2D eigenvalue weighted by Gasteiger charge is 2.38. The zero-order valence-electron chi connectivity index (χ0n) is 6.42. The molecule has 4 nitrogen and oxygen atoms in total. The Morgan fingerprint density at radius 2 is 2.08 bits per heavy atom. The van der Waals surface area contributed by atoms with Gasteiger partial charge in [0.2, 0.25) is 0 Å². The largest absolute Gasteiger partial charge is 0.487 e. The van der Waals surface area contributed by atoms with Gasteiger partial charge in [0.05, 0.1) is 11.9 Å². The molecule has 0 aliphatic carbocycles. The van der Waals surface area contributed by atoms with Crippen LogP contribution < -0.4 is 0 Å². The summed E-state index contributed by atoms with van der Waals surface area (Å²) in [6.45, 7) is 3.12. The minimum Gasteiger partial charge on any atom is -0.487 e. The molecular weight excluding hydrogens is 180 g/mol. The molecule has 1 aliphatic rings. The average Bonchev–Trinajstić information content (AvgIpc) is 2.08. The molecule has 12 heavy (non-hydrogen) atoms. The first-order valence-electron chi connectivity index (χ1n) is 3.58. The molecule has 0 aromatic carbocycles. The van der Waals surface area contributed by atoms with E-state index in [1.54, 1.807) is 0 Å². The van der Waals surface area contributed by atoms with Gasteiger partial charge in [-0.2, -0.15) is 12.6 Å². The fourth-order valence-electron chi connectivity index (χ4n) is 1.08. The Hall–Kier alpha value is -0.230. The molecule has 0 aromatic rings. The summed E-state index contributed by atoms with van der Waals surface area (Å²) in [5, 5.41) is 26.7. The number of thiol groups is 1. The van der Waals surface area contributed by atoms with Crippen molar-refractivity contribution in [3.63, 3.8) is 0 Å². The minimum atomic E-state index is -0.980. The van der Waals surface area contributed by atoms with Gasteiger partial charge in [0, 0.05) is 0 Å². The zero-order valence-corrected chi connectivity index (χ0v) is 7.32. The molecule has 70 valence electrons.